The summed E-state index contributed by atoms with van der Waals surface area (Å²) in [5, 5.41) is 5.95. The topological polar surface area (TPSA) is 82.2 Å². The molecule has 0 aliphatic carbocycles. The van der Waals surface area contributed by atoms with E-state index in [2.05, 4.69) is 10.2 Å². The van der Waals surface area contributed by atoms with Crippen LogP contribution >= 0.6 is 11.3 Å². The van der Waals surface area contributed by atoms with Crippen LogP contribution < -0.4 is 24.4 Å². The molecule has 1 aliphatic heterocycles. The maximum atomic E-state index is 12.9. The Labute approximate surface area is 190 Å². The Hall–Kier alpha value is -3.30. The van der Waals surface area contributed by atoms with Gasteiger partial charge in [0.15, 0.2) is 16.6 Å². The first-order valence-electron chi connectivity index (χ1n) is 10.1. The average Bonchev–Trinajstić information content (AvgIpc) is 3.34. The van der Waals surface area contributed by atoms with Gasteiger partial charge < -0.3 is 29.2 Å². The third-order valence-electron chi connectivity index (χ3n) is 5.16. The number of anilines is 2. The second-order valence-corrected chi connectivity index (χ2v) is 7.89. The van der Waals surface area contributed by atoms with Crippen LogP contribution in [-0.4, -0.2) is 58.5 Å². The Balaban J connectivity index is 1.48. The van der Waals surface area contributed by atoms with Crippen LogP contribution in [0.2, 0.25) is 0 Å². The van der Waals surface area contributed by atoms with Crippen molar-refractivity contribution in [3.63, 3.8) is 0 Å². The van der Waals surface area contributed by atoms with Gasteiger partial charge in [0.2, 0.25) is 0 Å². The van der Waals surface area contributed by atoms with Gasteiger partial charge in [-0.05, 0) is 12.1 Å². The monoisotopic (exact) mass is 455 g/mol. The summed E-state index contributed by atoms with van der Waals surface area (Å²) >= 11 is 1.63. The third kappa shape index (κ3) is 4.63. The largest absolute Gasteiger partial charge is 0.496 e. The number of nitrogens with one attached hydrogen (secondary N) is 1. The molecule has 1 aliphatic rings. The molecule has 1 aromatic heterocycles. The molecular weight excluding hydrogens is 430 g/mol. The molecule has 0 bridgehead atoms. The van der Waals surface area contributed by atoms with E-state index in [1.54, 1.807) is 23.5 Å². The van der Waals surface area contributed by atoms with E-state index >= 15 is 0 Å². The number of nitrogens with zero attached hydrogens (tertiary/aromatic N) is 2. The molecule has 9 heteroatoms. The van der Waals surface area contributed by atoms with Crippen LogP contribution in [0.3, 0.4) is 0 Å². The number of hydrogen-bond acceptors (Lipinski definition) is 8. The molecule has 32 heavy (non-hydrogen) atoms. The number of morpholine rings is 1. The first-order valence-corrected chi connectivity index (χ1v) is 11.0. The number of hydrogen-bond donors (Lipinski definition) is 1. The van der Waals surface area contributed by atoms with Crippen LogP contribution in [0.15, 0.2) is 41.8 Å². The average molecular weight is 456 g/mol. The van der Waals surface area contributed by atoms with Crippen molar-refractivity contribution in [3.8, 4) is 28.5 Å². The van der Waals surface area contributed by atoms with E-state index < -0.39 is 0 Å². The number of benzene rings is 2. The van der Waals surface area contributed by atoms with Crippen molar-refractivity contribution < 1.29 is 23.7 Å². The van der Waals surface area contributed by atoms with Gasteiger partial charge in [-0.2, -0.15) is 0 Å². The van der Waals surface area contributed by atoms with Crippen LogP contribution in [0, 0.1) is 0 Å². The predicted octanol–water partition coefficient (Wildman–Crippen LogP) is 3.92. The molecule has 0 spiro atoms. The molecule has 8 nitrogen and oxygen atoms in total. The molecule has 1 amide bonds. The number of methoxy groups -OCH3 is 3. The number of ether oxygens (including phenoxy) is 4. The van der Waals surface area contributed by atoms with E-state index in [0.717, 1.165) is 42.7 Å². The summed E-state index contributed by atoms with van der Waals surface area (Å²) in [6.45, 7) is 3.18. The van der Waals surface area contributed by atoms with E-state index in [9.17, 15) is 4.79 Å². The van der Waals surface area contributed by atoms with E-state index in [4.69, 9.17) is 23.9 Å². The first-order chi connectivity index (χ1) is 15.6. The molecule has 2 heterocycles. The molecule has 0 saturated carbocycles. The number of rotatable bonds is 7. The summed E-state index contributed by atoms with van der Waals surface area (Å²) in [7, 11) is 4.56. The van der Waals surface area contributed by atoms with Crippen molar-refractivity contribution in [2.75, 3.05) is 57.8 Å². The summed E-state index contributed by atoms with van der Waals surface area (Å²) in [6, 6.07) is 10.8. The summed E-state index contributed by atoms with van der Waals surface area (Å²) in [6.07, 6.45) is 0. The van der Waals surface area contributed by atoms with Crippen molar-refractivity contribution in [1.82, 2.24) is 4.98 Å². The highest BCUT2D eigenvalue weighted by atomic mass is 32.1. The van der Waals surface area contributed by atoms with E-state index in [1.807, 2.05) is 29.6 Å². The maximum absolute atomic E-state index is 12.9. The van der Waals surface area contributed by atoms with Gasteiger partial charge in [0.25, 0.3) is 5.91 Å². The van der Waals surface area contributed by atoms with Crippen LogP contribution in [0.25, 0.3) is 11.3 Å². The van der Waals surface area contributed by atoms with Crippen molar-refractivity contribution in [2.24, 2.45) is 0 Å². The number of amides is 1. The fraction of sp³-hybridized carbons (Fsp3) is 0.304. The lowest BCUT2D eigenvalue weighted by atomic mass is 10.1. The van der Waals surface area contributed by atoms with Crippen LogP contribution in [0.5, 0.6) is 17.2 Å². The summed E-state index contributed by atoms with van der Waals surface area (Å²) in [5.41, 5.74) is 2.92. The quantitative estimate of drug-likeness (QED) is 0.578. The highest BCUT2D eigenvalue weighted by Gasteiger charge is 2.18. The molecule has 1 N–H and O–H groups in total. The summed E-state index contributed by atoms with van der Waals surface area (Å²) in [4.78, 5) is 19.9. The zero-order valence-corrected chi connectivity index (χ0v) is 19.0. The fourth-order valence-electron chi connectivity index (χ4n) is 3.43. The smallest absolute Gasteiger partial charge is 0.259 e. The Morgan fingerprint density at radius 1 is 1.00 bits per heavy atom. The molecular formula is C23H25N3O5S. The van der Waals surface area contributed by atoms with Gasteiger partial charge in [0, 0.05) is 41.9 Å². The van der Waals surface area contributed by atoms with Crippen molar-refractivity contribution in [1.29, 1.82) is 0 Å². The lowest BCUT2D eigenvalue weighted by Gasteiger charge is -2.26. The predicted molar refractivity (Wildman–Crippen MR) is 125 cm³/mol. The number of aromatic nitrogens is 1. The second-order valence-electron chi connectivity index (χ2n) is 7.05. The lowest BCUT2D eigenvalue weighted by Crippen LogP contribution is -2.36. The van der Waals surface area contributed by atoms with Gasteiger partial charge in [-0.3, -0.25) is 4.79 Å². The minimum absolute atomic E-state index is 0.307. The van der Waals surface area contributed by atoms with Crippen molar-refractivity contribution in [3.05, 3.63) is 47.3 Å². The Morgan fingerprint density at radius 3 is 2.31 bits per heavy atom. The van der Waals surface area contributed by atoms with Gasteiger partial charge >= 0.3 is 0 Å². The standard InChI is InChI=1S/C23H25N3O5S/c1-28-19-13-21(30-3)20(29-2)12-17(19)22(27)24-16-6-4-15(5-7-16)18-14-32-23(25-18)26-8-10-31-11-9-26/h4-7,12-14H,8-11H2,1-3H3,(H,24,27). The number of carbonyl (C=O) groups excluding carboxylic acids is 1. The summed E-state index contributed by atoms with van der Waals surface area (Å²) < 4.78 is 21.4. The zero-order valence-electron chi connectivity index (χ0n) is 18.2. The number of carbonyl (C=O) groups is 1. The van der Waals surface area contributed by atoms with Crippen molar-refractivity contribution in [2.45, 2.75) is 0 Å². The lowest BCUT2D eigenvalue weighted by molar-refractivity contribution is 0.102. The SMILES string of the molecule is COc1cc(OC)c(C(=O)Nc2ccc(-c3csc(N4CCOCC4)n3)cc2)cc1OC. The minimum atomic E-state index is -0.307. The second kappa shape index (κ2) is 9.88. The Bertz CT molecular complexity index is 1080. The van der Waals surface area contributed by atoms with Gasteiger partial charge in [0.1, 0.15) is 5.75 Å². The maximum Gasteiger partial charge on any atom is 0.259 e. The number of thiazole rings is 1. The van der Waals surface area contributed by atoms with Crippen LogP contribution in [0.4, 0.5) is 10.8 Å². The molecule has 1 fully saturated rings. The molecule has 0 unspecified atom stereocenters. The van der Waals surface area contributed by atoms with Crippen LogP contribution in [0.1, 0.15) is 10.4 Å². The Morgan fingerprint density at radius 2 is 1.66 bits per heavy atom. The van der Waals surface area contributed by atoms with E-state index in [0.29, 0.717) is 28.5 Å². The molecule has 168 valence electrons. The highest BCUT2D eigenvalue weighted by molar-refractivity contribution is 7.14. The fourth-order valence-corrected chi connectivity index (χ4v) is 4.31. The highest BCUT2D eigenvalue weighted by Crippen LogP contribution is 2.35. The molecule has 3 aromatic rings. The minimum Gasteiger partial charge on any atom is -0.496 e. The zero-order chi connectivity index (χ0) is 22.5. The Kier molecular flexibility index (Phi) is 6.77. The van der Waals surface area contributed by atoms with Crippen LogP contribution in [-0.2, 0) is 4.74 Å². The van der Waals surface area contributed by atoms with E-state index in [-0.39, 0.29) is 5.91 Å². The van der Waals surface area contributed by atoms with Gasteiger partial charge in [0.05, 0.1) is 45.8 Å². The van der Waals surface area contributed by atoms with E-state index in [1.165, 1.54) is 21.3 Å². The third-order valence-corrected chi connectivity index (χ3v) is 6.06. The van der Waals surface area contributed by atoms with Gasteiger partial charge in [-0.25, -0.2) is 4.98 Å². The van der Waals surface area contributed by atoms with Gasteiger partial charge in [-0.15, -0.1) is 11.3 Å². The molecule has 0 radical (unpaired) electrons. The molecule has 0 atom stereocenters. The molecule has 2 aromatic carbocycles. The first kappa shape index (κ1) is 21.9. The summed E-state index contributed by atoms with van der Waals surface area (Å²) in [5.74, 6) is 1.03. The van der Waals surface area contributed by atoms with Crippen molar-refractivity contribution >= 4 is 28.1 Å². The molecule has 4 rings (SSSR count). The van der Waals surface area contributed by atoms with Gasteiger partial charge in [-0.1, -0.05) is 12.1 Å². The normalized spacial score (nSPS) is 13.5. The molecule has 1 saturated heterocycles.